The van der Waals surface area contributed by atoms with E-state index in [0.29, 0.717) is 6.42 Å². The van der Waals surface area contributed by atoms with Gasteiger partial charge in [-0.1, -0.05) is 32.9 Å². The summed E-state index contributed by atoms with van der Waals surface area (Å²) in [5, 5.41) is 13.0. The Bertz CT molecular complexity index is 452. The van der Waals surface area contributed by atoms with Crippen molar-refractivity contribution in [3.8, 4) is 0 Å². The molecule has 0 spiro atoms. The lowest BCUT2D eigenvalue weighted by molar-refractivity contribution is -0.115. The summed E-state index contributed by atoms with van der Waals surface area (Å²) >= 11 is 0. The summed E-state index contributed by atoms with van der Waals surface area (Å²) in [6.07, 6.45) is 0.837. The smallest absolute Gasteiger partial charge is 0.228 e. The second kappa shape index (κ2) is 4.49. The Morgan fingerprint density at radius 3 is 2.71 bits per heavy atom. The molecule has 1 amide bonds. The van der Waals surface area contributed by atoms with Gasteiger partial charge in [-0.15, -0.1) is 0 Å². The van der Waals surface area contributed by atoms with Gasteiger partial charge in [-0.2, -0.15) is 0 Å². The van der Waals surface area contributed by atoms with Gasteiger partial charge in [0.1, 0.15) is 0 Å². The maximum absolute atomic E-state index is 11.4. The molecule has 3 nitrogen and oxygen atoms in total. The molecule has 1 aromatic rings. The quantitative estimate of drug-likeness (QED) is 0.842. The highest BCUT2D eigenvalue weighted by Crippen LogP contribution is 2.33. The molecule has 92 valence electrons. The number of nitrogens with one attached hydrogen (secondary N) is 1. The zero-order valence-electron chi connectivity index (χ0n) is 10.6. The topological polar surface area (TPSA) is 49.3 Å². The van der Waals surface area contributed by atoms with Crippen molar-refractivity contribution >= 4 is 11.6 Å². The molecule has 1 aliphatic heterocycles. The van der Waals surface area contributed by atoms with E-state index in [0.717, 1.165) is 28.8 Å². The van der Waals surface area contributed by atoms with E-state index in [1.54, 1.807) is 0 Å². The van der Waals surface area contributed by atoms with E-state index in [4.69, 9.17) is 0 Å². The zero-order chi connectivity index (χ0) is 12.6. The average molecular weight is 233 g/mol. The number of benzene rings is 1. The lowest BCUT2D eigenvalue weighted by atomic mass is 9.93. The van der Waals surface area contributed by atoms with E-state index >= 15 is 0 Å². The van der Waals surface area contributed by atoms with Crippen molar-refractivity contribution in [2.45, 2.75) is 39.7 Å². The fraction of sp³-hybridized carbons (Fsp3) is 0.500. The molecule has 1 atom stereocenters. The summed E-state index contributed by atoms with van der Waals surface area (Å²) in [5.74, 6) is 0.230. The average Bonchev–Trinajstić information content (AvgIpc) is 2.66. The largest absolute Gasteiger partial charge is 0.388 e. The predicted octanol–water partition coefficient (Wildman–Crippen LogP) is 2.43. The van der Waals surface area contributed by atoms with Crippen LogP contribution in [-0.4, -0.2) is 11.0 Å². The molecular weight excluding hydrogens is 214 g/mol. The van der Waals surface area contributed by atoms with Gasteiger partial charge in [-0.3, -0.25) is 4.79 Å². The van der Waals surface area contributed by atoms with Crippen molar-refractivity contribution in [1.82, 2.24) is 0 Å². The Morgan fingerprint density at radius 1 is 1.41 bits per heavy atom. The van der Waals surface area contributed by atoms with Crippen LogP contribution in [0.2, 0.25) is 0 Å². The summed E-state index contributed by atoms with van der Waals surface area (Å²) in [4.78, 5) is 11.4. The molecular formula is C14H19NO2. The van der Waals surface area contributed by atoms with Crippen molar-refractivity contribution in [3.63, 3.8) is 0 Å². The number of hydrogen-bond donors (Lipinski definition) is 2. The summed E-state index contributed by atoms with van der Waals surface area (Å²) in [6.45, 7) is 6.05. The molecule has 1 aromatic carbocycles. The van der Waals surface area contributed by atoms with Gasteiger partial charge in [0.05, 0.1) is 12.5 Å². The molecule has 0 aromatic heterocycles. The molecule has 3 heteroatoms. The number of fused-ring (bicyclic) bond motifs is 1. The Morgan fingerprint density at radius 2 is 2.12 bits per heavy atom. The van der Waals surface area contributed by atoms with Crippen LogP contribution in [0.4, 0.5) is 5.69 Å². The molecule has 2 rings (SSSR count). The number of aliphatic hydroxyl groups excluding tert-OH is 1. The lowest BCUT2D eigenvalue weighted by Gasteiger charge is -2.17. The second-order valence-electron chi connectivity index (χ2n) is 4.98. The van der Waals surface area contributed by atoms with Crippen molar-refractivity contribution in [1.29, 1.82) is 0 Å². The number of carbonyl (C=O) groups excluding carboxylic acids is 1. The Kier molecular flexibility index (Phi) is 3.20. The standard InChI is InChI=1S/C14H19NO2/c1-4-9-5-11(14(17)8(2)3)6-10-7-12(16)15-13(9)10/h5-6,8,14,17H,4,7H2,1-3H3,(H,15,16). The highest BCUT2D eigenvalue weighted by Gasteiger charge is 2.23. The number of aryl methyl sites for hydroxylation is 1. The third-order valence-electron chi connectivity index (χ3n) is 3.29. The molecule has 1 heterocycles. The van der Waals surface area contributed by atoms with Crippen LogP contribution in [-0.2, 0) is 17.6 Å². The highest BCUT2D eigenvalue weighted by atomic mass is 16.3. The molecule has 0 saturated carbocycles. The fourth-order valence-electron chi connectivity index (χ4n) is 2.29. The first-order valence-corrected chi connectivity index (χ1v) is 6.16. The van der Waals surface area contributed by atoms with E-state index in [-0.39, 0.29) is 11.8 Å². The van der Waals surface area contributed by atoms with Crippen LogP contribution in [0, 0.1) is 5.92 Å². The first-order chi connectivity index (χ1) is 8.02. The SMILES string of the molecule is CCc1cc(C(O)C(C)C)cc2c1NC(=O)C2. The van der Waals surface area contributed by atoms with E-state index in [9.17, 15) is 9.90 Å². The lowest BCUT2D eigenvalue weighted by Crippen LogP contribution is -2.07. The number of aliphatic hydroxyl groups is 1. The third kappa shape index (κ3) is 2.20. The Balaban J connectivity index is 2.45. The number of carbonyl (C=O) groups is 1. The normalized spacial score (nSPS) is 15.9. The summed E-state index contributed by atoms with van der Waals surface area (Å²) in [5.41, 5.74) is 4.01. The van der Waals surface area contributed by atoms with Crippen LogP contribution in [0.5, 0.6) is 0 Å². The molecule has 0 radical (unpaired) electrons. The predicted molar refractivity (Wildman–Crippen MR) is 68.0 cm³/mol. The zero-order valence-corrected chi connectivity index (χ0v) is 10.6. The Labute approximate surface area is 102 Å². The van der Waals surface area contributed by atoms with Crippen molar-refractivity contribution in [2.24, 2.45) is 5.92 Å². The van der Waals surface area contributed by atoms with Gasteiger partial charge in [-0.25, -0.2) is 0 Å². The Hall–Kier alpha value is -1.35. The highest BCUT2D eigenvalue weighted by molar-refractivity contribution is 6.00. The van der Waals surface area contributed by atoms with Gasteiger partial charge in [0.15, 0.2) is 0 Å². The summed E-state index contributed by atoms with van der Waals surface area (Å²) < 4.78 is 0. The van der Waals surface area contributed by atoms with Gasteiger partial charge in [0.2, 0.25) is 5.91 Å². The molecule has 1 aliphatic rings. The maximum Gasteiger partial charge on any atom is 0.228 e. The van der Waals surface area contributed by atoms with Crippen LogP contribution in [0.1, 0.15) is 43.6 Å². The maximum atomic E-state index is 11.4. The van der Waals surface area contributed by atoms with E-state index in [1.807, 2.05) is 26.0 Å². The summed E-state index contributed by atoms with van der Waals surface area (Å²) in [7, 11) is 0. The van der Waals surface area contributed by atoms with Crippen LogP contribution >= 0.6 is 0 Å². The molecule has 1 unspecified atom stereocenters. The fourth-order valence-corrected chi connectivity index (χ4v) is 2.29. The molecule has 0 bridgehead atoms. The number of hydrogen-bond acceptors (Lipinski definition) is 2. The van der Waals surface area contributed by atoms with Crippen LogP contribution < -0.4 is 5.32 Å². The van der Waals surface area contributed by atoms with Gasteiger partial charge in [0.25, 0.3) is 0 Å². The first kappa shape index (κ1) is 12.1. The second-order valence-corrected chi connectivity index (χ2v) is 4.98. The van der Waals surface area contributed by atoms with Crippen LogP contribution in [0.3, 0.4) is 0 Å². The van der Waals surface area contributed by atoms with Crippen molar-refractivity contribution in [3.05, 3.63) is 28.8 Å². The van der Waals surface area contributed by atoms with E-state index in [2.05, 4.69) is 12.2 Å². The molecule has 0 fully saturated rings. The van der Waals surface area contributed by atoms with E-state index < -0.39 is 6.10 Å². The van der Waals surface area contributed by atoms with Crippen LogP contribution in [0.25, 0.3) is 0 Å². The third-order valence-corrected chi connectivity index (χ3v) is 3.29. The number of anilines is 1. The molecule has 0 saturated heterocycles. The van der Waals surface area contributed by atoms with Gasteiger partial charge < -0.3 is 10.4 Å². The van der Waals surface area contributed by atoms with Gasteiger partial charge in [0, 0.05) is 5.69 Å². The van der Waals surface area contributed by atoms with Crippen LogP contribution in [0.15, 0.2) is 12.1 Å². The van der Waals surface area contributed by atoms with E-state index in [1.165, 1.54) is 0 Å². The minimum absolute atomic E-state index is 0.0471. The molecule has 0 aliphatic carbocycles. The monoisotopic (exact) mass is 233 g/mol. The van der Waals surface area contributed by atoms with Crippen molar-refractivity contribution < 1.29 is 9.90 Å². The van der Waals surface area contributed by atoms with Gasteiger partial charge >= 0.3 is 0 Å². The minimum atomic E-state index is -0.457. The van der Waals surface area contributed by atoms with Crippen molar-refractivity contribution in [2.75, 3.05) is 5.32 Å². The minimum Gasteiger partial charge on any atom is -0.388 e. The number of amides is 1. The molecule has 17 heavy (non-hydrogen) atoms. The number of rotatable bonds is 3. The molecule has 2 N–H and O–H groups in total. The van der Waals surface area contributed by atoms with Gasteiger partial charge in [-0.05, 0) is 29.0 Å². The first-order valence-electron chi connectivity index (χ1n) is 6.16. The summed E-state index contributed by atoms with van der Waals surface area (Å²) in [6, 6.07) is 3.96.